The summed E-state index contributed by atoms with van der Waals surface area (Å²) in [5.74, 6) is -0.229. The van der Waals surface area contributed by atoms with Crippen LogP contribution >= 0.6 is 0 Å². The zero-order valence-corrected chi connectivity index (χ0v) is 25.0. The summed E-state index contributed by atoms with van der Waals surface area (Å²) >= 11 is 0. The standard InChI is InChI=1S/C30H28FN9O3S/c1-30(2,3)29(41)35-20-10-18(12-32-13-20)22-5-6-23-26(36-22)27(40-39-23)28-37-24-15-33-14-21(25(24)38-28)17-7-16(8-19(31)9-17)11-34-44(4,42)43/h5-10,12-15,34H,11H2,1-4H3,(H,35,41)(H,37,38)(H,39,40). The molecule has 6 aromatic rings. The summed E-state index contributed by atoms with van der Waals surface area (Å²) in [6.45, 7) is 5.44. The van der Waals surface area contributed by atoms with Crippen molar-refractivity contribution in [2.24, 2.45) is 5.41 Å². The molecule has 5 aromatic heterocycles. The minimum atomic E-state index is -3.46. The van der Waals surface area contributed by atoms with Crippen LogP contribution in [-0.4, -0.2) is 55.7 Å². The van der Waals surface area contributed by atoms with Gasteiger partial charge in [-0.2, -0.15) is 5.10 Å². The van der Waals surface area contributed by atoms with Gasteiger partial charge in [-0.15, -0.1) is 0 Å². The summed E-state index contributed by atoms with van der Waals surface area (Å²) in [5, 5.41) is 10.3. The first-order valence-corrected chi connectivity index (χ1v) is 15.4. The Hall–Kier alpha value is -5.08. The van der Waals surface area contributed by atoms with Gasteiger partial charge in [0.2, 0.25) is 15.9 Å². The predicted octanol–water partition coefficient (Wildman–Crippen LogP) is 4.80. The van der Waals surface area contributed by atoms with Gasteiger partial charge >= 0.3 is 0 Å². The number of nitrogens with one attached hydrogen (secondary N) is 4. The van der Waals surface area contributed by atoms with Crippen molar-refractivity contribution in [3.63, 3.8) is 0 Å². The molecule has 0 saturated heterocycles. The van der Waals surface area contributed by atoms with Crippen molar-refractivity contribution < 1.29 is 17.6 Å². The number of benzene rings is 1. The average molecular weight is 614 g/mol. The highest BCUT2D eigenvalue weighted by molar-refractivity contribution is 7.88. The first-order chi connectivity index (χ1) is 20.8. The molecule has 0 aliphatic heterocycles. The van der Waals surface area contributed by atoms with Gasteiger partial charge in [0.15, 0.2) is 11.5 Å². The number of pyridine rings is 3. The number of carbonyl (C=O) groups excluding carboxylic acids is 1. The molecule has 224 valence electrons. The number of amides is 1. The van der Waals surface area contributed by atoms with Gasteiger partial charge in [-0.3, -0.25) is 19.9 Å². The first kappa shape index (κ1) is 29.0. The van der Waals surface area contributed by atoms with E-state index in [9.17, 15) is 17.6 Å². The molecule has 0 radical (unpaired) electrons. The molecule has 0 fully saturated rings. The van der Waals surface area contributed by atoms with Gasteiger partial charge in [0.1, 0.15) is 11.3 Å². The first-order valence-electron chi connectivity index (χ1n) is 13.5. The molecule has 1 aromatic carbocycles. The molecule has 0 atom stereocenters. The number of imidazole rings is 1. The van der Waals surface area contributed by atoms with E-state index in [2.05, 4.69) is 35.2 Å². The maximum absolute atomic E-state index is 14.6. The number of rotatable bonds is 7. The molecular formula is C30H28FN9O3S. The Morgan fingerprint density at radius 3 is 2.50 bits per heavy atom. The Bertz CT molecular complexity index is 2170. The van der Waals surface area contributed by atoms with Crippen LogP contribution < -0.4 is 10.0 Å². The van der Waals surface area contributed by atoms with E-state index in [1.54, 1.807) is 30.9 Å². The number of H-pyrrole nitrogens is 2. The molecule has 0 aliphatic rings. The van der Waals surface area contributed by atoms with Crippen molar-refractivity contribution in [2.45, 2.75) is 27.3 Å². The topological polar surface area (TPSA) is 171 Å². The number of fused-ring (bicyclic) bond motifs is 2. The van der Waals surface area contributed by atoms with Crippen molar-refractivity contribution in [1.82, 2.24) is 39.8 Å². The van der Waals surface area contributed by atoms with Crippen LogP contribution in [0.25, 0.3) is 56.0 Å². The zero-order chi connectivity index (χ0) is 31.2. The lowest BCUT2D eigenvalue weighted by Gasteiger charge is -2.17. The van der Waals surface area contributed by atoms with Gasteiger partial charge in [-0.1, -0.05) is 20.8 Å². The number of anilines is 1. The zero-order valence-electron chi connectivity index (χ0n) is 24.2. The van der Waals surface area contributed by atoms with Gasteiger partial charge in [-0.25, -0.2) is 27.5 Å². The number of nitrogens with zero attached hydrogens (tertiary/aromatic N) is 5. The van der Waals surface area contributed by atoms with Gasteiger partial charge < -0.3 is 10.3 Å². The van der Waals surface area contributed by atoms with Gasteiger partial charge in [-0.05, 0) is 47.5 Å². The Morgan fingerprint density at radius 2 is 1.73 bits per heavy atom. The SMILES string of the molecule is CC(C)(C)C(=O)Nc1cncc(-c2ccc3[nH]nc(-c4nc5c(-c6cc(F)cc(CNS(C)(=O)=O)c6)cncc5[nH]4)c3n2)c1. The van der Waals surface area contributed by atoms with Crippen LogP contribution in [0, 0.1) is 11.2 Å². The molecule has 0 spiro atoms. The molecule has 5 heterocycles. The van der Waals surface area contributed by atoms with Gasteiger partial charge in [0, 0.05) is 35.5 Å². The Balaban J connectivity index is 1.37. The molecule has 0 bridgehead atoms. The average Bonchev–Trinajstić information content (AvgIpc) is 3.59. The van der Waals surface area contributed by atoms with E-state index in [1.807, 2.05) is 39.0 Å². The van der Waals surface area contributed by atoms with E-state index in [0.29, 0.717) is 67.2 Å². The number of hydrogen-bond acceptors (Lipinski definition) is 8. The predicted molar refractivity (Wildman–Crippen MR) is 165 cm³/mol. The fourth-order valence-electron chi connectivity index (χ4n) is 4.57. The van der Waals surface area contributed by atoms with Crippen molar-refractivity contribution in [3.8, 4) is 33.9 Å². The van der Waals surface area contributed by atoms with E-state index in [1.165, 1.54) is 12.1 Å². The Labute approximate surface area is 251 Å². The van der Waals surface area contributed by atoms with Crippen LogP contribution in [0.5, 0.6) is 0 Å². The lowest BCUT2D eigenvalue weighted by atomic mass is 9.95. The smallest absolute Gasteiger partial charge is 0.229 e. The van der Waals surface area contributed by atoms with E-state index in [4.69, 9.17) is 9.97 Å². The summed E-state index contributed by atoms with van der Waals surface area (Å²) in [7, 11) is -3.46. The summed E-state index contributed by atoms with van der Waals surface area (Å²) in [6.07, 6.45) is 7.48. The minimum absolute atomic E-state index is 0.0620. The fourth-order valence-corrected chi connectivity index (χ4v) is 5.00. The molecule has 0 unspecified atom stereocenters. The second-order valence-electron chi connectivity index (χ2n) is 11.4. The lowest BCUT2D eigenvalue weighted by Crippen LogP contribution is -2.27. The van der Waals surface area contributed by atoms with Gasteiger partial charge in [0.25, 0.3) is 0 Å². The molecule has 0 aliphatic carbocycles. The highest BCUT2D eigenvalue weighted by Crippen LogP contribution is 2.32. The minimum Gasteiger partial charge on any atom is -0.335 e. The molecule has 14 heteroatoms. The summed E-state index contributed by atoms with van der Waals surface area (Å²) in [6, 6.07) is 9.80. The van der Waals surface area contributed by atoms with Crippen LogP contribution in [-0.2, 0) is 21.4 Å². The second-order valence-corrected chi connectivity index (χ2v) is 13.3. The quantitative estimate of drug-likeness (QED) is 0.199. The molecule has 1 amide bonds. The van der Waals surface area contributed by atoms with Crippen LogP contribution in [0.15, 0.2) is 61.2 Å². The van der Waals surface area contributed by atoms with E-state index < -0.39 is 21.3 Å². The number of halogens is 1. The number of aromatic nitrogens is 7. The lowest BCUT2D eigenvalue weighted by molar-refractivity contribution is -0.123. The van der Waals surface area contributed by atoms with E-state index >= 15 is 0 Å². The summed E-state index contributed by atoms with van der Waals surface area (Å²) in [5.41, 5.74) is 5.63. The number of hydrogen-bond donors (Lipinski definition) is 4. The van der Waals surface area contributed by atoms with Crippen molar-refractivity contribution in [1.29, 1.82) is 0 Å². The third-order valence-electron chi connectivity index (χ3n) is 6.81. The van der Waals surface area contributed by atoms with Crippen molar-refractivity contribution in [3.05, 3.63) is 72.6 Å². The molecule has 0 saturated carbocycles. The van der Waals surface area contributed by atoms with Crippen LogP contribution in [0.4, 0.5) is 10.1 Å². The summed E-state index contributed by atoms with van der Waals surface area (Å²) < 4.78 is 40.1. The normalized spacial score (nSPS) is 12.2. The van der Waals surface area contributed by atoms with E-state index in [0.717, 1.165) is 6.26 Å². The van der Waals surface area contributed by atoms with Crippen molar-refractivity contribution in [2.75, 3.05) is 11.6 Å². The monoisotopic (exact) mass is 613 g/mol. The fraction of sp³-hybridized carbons (Fsp3) is 0.200. The summed E-state index contributed by atoms with van der Waals surface area (Å²) in [4.78, 5) is 33.9. The largest absolute Gasteiger partial charge is 0.335 e. The number of aromatic amines is 2. The van der Waals surface area contributed by atoms with Crippen LogP contribution in [0.2, 0.25) is 0 Å². The second kappa shape index (κ2) is 10.9. The van der Waals surface area contributed by atoms with Crippen LogP contribution in [0.3, 0.4) is 0 Å². The molecule has 6 rings (SSSR count). The highest BCUT2D eigenvalue weighted by Gasteiger charge is 2.22. The Morgan fingerprint density at radius 1 is 0.932 bits per heavy atom. The third kappa shape index (κ3) is 6.02. The molecule has 12 nitrogen and oxygen atoms in total. The number of carbonyl (C=O) groups is 1. The third-order valence-corrected chi connectivity index (χ3v) is 7.48. The molecule has 44 heavy (non-hydrogen) atoms. The highest BCUT2D eigenvalue weighted by atomic mass is 32.2. The molecular weight excluding hydrogens is 585 g/mol. The Kier molecular flexibility index (Phi) is 7.18. The molecule has 4 N–H and O–H groups in total. The van der Waals surface area contributed by atoms with Gasteiger partial charge in [0.05, 0.1) is 46.6 Å². The van der Waals surface area contributed by atoms with E-state index in [-0.39, 0.29) is 12.5 Å². The van der Waals surface area contributed by atoms with Crippen molar-refractivity contribution >= 4 is 43.7 Å². The maximum atomic E-state index is 14.6. The van der Waals surface area contributed by atoms with Crippen LogP contribution in [0.1, 0.15) is 26.3 Å². The maximum Gasteiger partial charge on any atom is 0.229 e. The number of sulfonamides is 1.